The minimum Gasteiger partial charge on any atom is -0.343 e. The molecule has 2 heterocycles. The molecule has 0 saturated carbocycles. The van der Waals surface area contributed by atoms with Gasteiger partial charge in [0.15, 0.2) is 5.13 Å². The first-order valence-corrected chi connectivity index (χ1v) is 8.89. The molecule has 0 spiro atoms. The largest absolute Gasteiger partial charge is 0.343 e. The third-order valence-corrected chi connectivity index (χ3v) is 4.44. The number of hydrogen-bond acceptors (Lipinski definition) is 5. The predicted molar refractivity (Wildman–Crippen MR) is 103 cm³/mol. The van der Waals surface area contributed by atoms with Gasteiger partial charge >= 0.3 is 0 Å². The molecule has 3 N–H and O–H groups in total. The van der Waals surface area contributed by atoms with E-state index in [0.29, 0.717) is 10.7 Å². The van der Waals surface area contributed by atoms with Crippen LogP contribution in [-0.4, -0.2) is 35.1 Å². The highest BCUT2D eigenvalue weighted by molar-refractivity contribution is 7.14. The maximum absolute atomic E-state index is 12.0. The van der Waals surface area contributed by atoms with Crippen molar-refractivity contribution in [2.75, 3.05) is 24.3 Å². The number of nitrogens with one attached hydrogen (secondary N) is 3. The first kappa shape index (κ1) is 17.7. The first-order chi connectivity index (χ1) is 12.5. The number of carbonyl (C=O) groups excluding carboxylic acids is 2. The molecule has 7 nitrogen and oxygen atoms in total. The molecule has 0 unspecified atom stereocenters. The first-order valence-electron chi connectivity index (χ1n) is 8.01. The SMILES string of the molecule is CNn1ccc(C(=O)NCC(=O)Nc2nc(-c3cccc(C)c3)cs2)c1. The Morgan fingerprint density at radius 3 is 2.85 bits per heavy atom. The van der Waals surface area contributed by atoms with E-state index in [-0.39, 0.29) is 18.4 Å². The summed E-state index contributed by atoms with van der Waals surface area (Å²) in [5.74, 6) is -0.634. The molecular weight excluding hydrogens is 350 g/mol. The van der Waals surface area contributed by atoms with E-state index in [0.717, 1.165) is 16.8 Å². The molecule has 0 bridgehead atoms. The average Bonchev–Trinajstić information content (AvgIpc) is 3.29. The zero-order valence-electron chi connectivity index (χ0n) is 14.4. The van der Waals surface area contributed by atoms with Crippen molar-refractivity contribution in [2.45, 2.75) is 6.92 Å². The van der Waals surface area contributed by atoms with Crippen LogP contribution in [0.3, 0.4) is 0 Å². The number of thiazole rings is 1. The molecule has 3 rings (SSSR count). The zero-order valence-corrected chi connectivity index (χ0v) is 15.3. The Morgan fingerprint density at radius 1 is 1.27 bits per heavy atom. The van der Waals surface area contributed by atoms with Gasteiger partial charge in [0.1, 0.15) is 0 Å². The summed E-state index contributed by atoms with van der Waals surface area (Å²) < 4.78 is 1.65. The van der Waals surface area contributed by atoms with Crippen molar-refractivity contribution >= 4 is 28.3 Å². The van der Waals surface area contributed by atoms with E-state index in [4.69, 9.17) is 0 Å². The summed E-state index contributed by atoms with van der Waals surface area (Å²) in [6, 6.07) is 9.67. The second-order valence-corrected chi connectivity index (χ2v) is 6.53. The molecule has 0 fully saturated rings. The molecule has 134 valence electrons. The second-order valence-electron chi connectivity index (χ2n) is 5.67. The number of nitrogens with zero attached hydrogens (tertiary/aromatic N) is 2. The highest BCUT2D eigenvalue weighted by Gasteiger charge is 2.11. The summed E-state index contributed by atoms with van der Waals surface area (Å²) in [7, 11) is 1.74. The Kier molecular flexibility index (Phi) is 5.33. The molecule has 1 aromatic carbocycles. The van der Waals surface area contributed by atoms with Gasteiger partial charge in [0, 0.05) is 30.4 Å². The standard InChI is InChI=1S/C18H19N5O2S/c1-12-4-3-5-13(8-12)15-11-26-18(21-15)22-16(24)9-20-17(25)14-6-7-23(10-14)19-2/h3-8,10-11,19H,9H2,1-2H3,(H,20,25)(H,21,22,24). The molecule has 0 radical (unpaired) electrons. The van der Waals surface area contributed by atoms with Crippen molar-refractivity contribution in [1.82, 2.24) is 15.0 Å². The Balaban J connectivity index is 1.54. The normalized spacial score (nSPS) is 10.4. The number of anilines is 1. The fourth-order valence-electron chi connectivity index (χ4n) is 2.36. The number of aromatic nitrogens is 2. The van der Waals surface area contributed by atoms with Crippen LogP contribution >= 0.6 is 11.3 Å². The lowest BCUT2D eigenvalue weighted by atomic mass is 10.1. The summed E-state index contributed by atoms with van der Waals surface area (Å²) in [5, 5.41) is 7.69. The van der Waals surface area contributed by atoms with Crippen LogP contribution in [0.25, 0.3) is 11.3 Å². The summed E-state index contributed by atoms with van der Waals surface area (Å²) in [4.78, 5) is 28.5. The summed E-state index contributed by atoms with van der Waals surface area (Å²) in [6.45, 7) is 1.90. The summed E-state index contributed by atoms with van der Waals surface area (Å²) in [5.41, 5.74) is 6.31. The van der Waals surface area contributed by atoms with Crippen LogP contribution in [-0.2, 0) is 4.79 Å². The van der Waals surface area contributed by atoms with Gasteiger partial charge in [-0.1, -0.05) is 23.8 Å². The Morgan fingerprint density at radius 2 is 2.12 bits per heavy atom. The van der Waals surface area contributed by atoms with Crippen molar-refractivity contribution in [3.63, 3.8) is 0 Å². The molecule has 8 heteroatoms. The average molecular weight is 369 g/mol. The molecule has 26 heavy (non-hydrogen) atoms. The van der Waals surface area contributed by atoms with Gasteiger partial charge in [0.25, 0.3) is 5.91 Å². The van der Waals surface area contributed by atoms with Crippen LogP contribution in [0.15, 0.2) is 48.1 Å². The fourth-order valence-corrected chi connectivity index (χ4v) is 3.10. The van der Waals surface area contributed by atoms with E-state index in [2.05, 4.69) is 21.0 Å². The molecule has 0 aliphatic heterocycles. The van der Waals surface area contributed by atoms with Crippen LogP contribution in [0.2, 0.25) is 0 Å². The van der Waals surface area contributed by atoms with E-state index in [1.165, 1.54) is 11.3 Å². The van der Waals surface area contributed by atoms with Gasteiger partial charge < -0.3 is 16.1 Å². The second kappa shape index (κ2) is 7.83. The van der Waals surface area contributed by atoms with E-state index >= 15 is 0 Å². The molecular formula is C18H19N5O2S. The van der Waals surface area contributed by atoms with E-state index in [9.17, 15) is 9.59 Å². The highest BCUT2D eigenvalue weighted by atomic mass is 32.1. The Labute approximate surface area is 155 Å². The topological polar surface area (TPSA) is 88.0 Å². The van der Waals surface area contributed by atoms with Gasteiger partial charge in [-0.3, -0.25) is 14.3 Å². The molecule has 0 atom stereocenters. The van der Waals surface area contributed by atoms with Crippen molar-refractivity contribution in [2.24, 2.45) is 0 Å². The maximum Gasteiger partial charge on any atom is 0.253 e. The van der Waals surface area contributed by atoms with Gasteiger partial charge in [-0.25, -0.2) is 4.98 Å². The Hall–Kier alpha value is -3.13. The molecule has 0 aliphatic carbocycles. The lowest BCUT2D eigenvalue weighted by molar-refractivity contribution is -0.115. The third kappa shape index (κ3) is 4.28. The monoisotopic (exact) mass is 369 g/mol. The van der Waals surface area contributed by atoms with Gasteiger partial charge in [-0.15, -0.1) is 11.3 Å². The number of hydrogen-bond donors (Lipinski definition) is 3. The van der Waals surface area contributed by atoms with Crippen molar-refractivity contribution < 1.29 is 9.59 Å². The van der Waals surface area contributed by atoms with Crippen molar-refractivity contribution in [3.8, 4) is 11.3 Å². The van der Waals surface area contributed by atoms with Crippen LogP contribution in [0.5, 0.6) is 0 Å². The number of rotatable bonds is 6. The predicted octanol–water partition coefficient (Wildman–Crippen LogP) is 2.46. The van der Waals surface area contributed by atoms with E-state index < -0.39 is 0 Å². The molecule has 2 amide bonds. The van der Waals surface area contributed by atoms with E-state index in [1.54, 1.807) is 30.2 Å². The quantitative estimate of drug-likeness (QED) is 0.623. The molecule has 3 aromatic rings. The van der Waals surface area contributed by atoms with Gasteiger partial charge in [-0.05, 0) is 19.1 Å². The van der Waals surface area contributed by atoms with Gasteiger partial charge in [-0.2, -0.15) is 0 Å². The van der Waals surface area contributed by atoms with E-state index in [1.807, 2.05) is 36.6 Å². The minimum absolute atomic E-state index is 0.122. The summed E-state index contributed by atoms with van der Waals surface area (Å²) >= 11 is 1.35. The van der Waals surface area contributed by atoms with Gasteiger partial charge in [0.2, 0.25) is 5.91 Å². The maximum atomic E-state index is 12.0. The lowest BCUT2D eigenvalue weighted by Crippen LogP contribution is -2.32. The van der Waals surface area contributed by atoms with Crippen LogP contribution < -0.4 is 16.1 Å². The fraction of sp³-hybridized carbons (Fsp3) is 0.167. The minimum atomic E-state index is -0.323. The number of aryl methyl sites for hydroxylation is 1. The van der Waals surface area contributed by atoms with Crippen LogP contribution in [0.4, 0.5) is 5.13 Å². The summed E-state index contributed by atoms with van der Waals surface area (Å²) in [6.07, 6.45) is 3.36. The smallest absolute Gasteiger partial charge is 0.253 e. The number of amides is 2. The number of carbonyl (C=O) groups is 2. The molecule has 0 aliphatic rings. The zero-order chi connectivity index (χ0) is 18.5. The number of benzene rings is 1. The van der Waals surface area contributed by atoms with Crippen LogP contribution in [0.1, 0.15) is 15.9 Å². The lowest BCUT2D eigenvalue weighted by Gasteiger charge is -2.04. The Bertz CT molecular complexity index is 931. The molecule has 2 aromatic heterocycles. The van der Waals surface area contributed by atoms with Crippen molar-refractivity contribution in [1.29, 1.82) is 0 Å². The van der Waals surface area contributed by atoms with Crippen LogP contribution in [0, 0.1) is 6.92 Å². The van der Waals surface area contributed by atoms with Crippen molar-refractivity contribution in [3.05, 3.63) is 59.2 Å². The third-order valence-electron chi connectivity index (χ3n) is 3.69. The highest BCUT2D eigenvalue weighted by Crippen LogP contribution is 2.25. The molecule has 0 saturated heterocycles. The van der Waals surface area contributed by atoms with Gasteiger partial charge in [0.05, 0.1) is 17.8 Å².